The molecule has 5 heterocycles. The number of carbonyl (C=O) groups excluding carboxylic acids is 4. The van der Waals surface area contributed by atoms with Crippen molar-refractivity contribution in [3.05, 3.63) is 90.7 Å². The summed E-state index contributed by atoms with van der Waals surface area (Å²) in [5.41, 5.74) is 6.36. The summed E-state index contributed by atoms with van der Waals surface area (Å²) < 4.78 is 11.5. The standard InChI is InChI=1S/C45H54N10O6Si/c1-26(2)38(52-45(59)61-5)43(57)54-18-8-9-36(54)40-46-21-35(49-40)28-12-10-27(11-13-28)29-14-16-32-30(19-29)15-17-33-39(32)51-41(48-33)37-23-62(6,7)25-55(37)42(56)34(50-44(58)60-4)20-31-22-53(3)24-47-31/h10-17,19,21-22,24,26,34,36-38H,8-9,18,20,23,25H2,1-7H3,(H,46,49)(H,48,51)(H,50,58)(H,52,59)/t34-,36-,37-,38-/m0/s1. The molecule has 2 saturated heterocycles. The second-order valence-electron chi connectivity index (χ2n) is 17.6. The Hall–Kier alpha value is -6.49. The highest BCUT2D eigenvalue weighted by Crippen LogP contribution is 2.39. The molecule has 6 aromatic rings. The first-order valence-electron chi connectivity index (χ1n) is 21.1. The number of aromatic nitrogens is 6. The third kappa shape index (κ3) is 8.53. The number of nitrogens with one attached hydrogen (secondary N) is 4. The van der Waals surface area contributed by atoms with E-state index >= 15 is 0 Å². The predicted octanol–water partition coefficient (Wildman–Crippen LogP) is 6.65. The first-order chi connectivity index (χ1) is 29.7. The normalized spacial score (nSPS) is 18.3. The molecule has 0 aliphatic carbocycles. The lowest BCUT2D eigenvalue weighted by molar-refractivity contribution is -0.135. The summed E-state index contributed by atoms with van der Waals surface area (Å²) in [5, 5.41) is 7.51. The van der Waals surface area contributed by atoms with Gasteiger partial charge in [0.05, 0.1) is 69.3 Å². The molecule has 0 radical (unpaired) electrons. The maximum absolute atomic E-state index is 14.3. The number of rotatable bonds is 11. The molecule has 4 atom stereocenters. The van der Waals surface area contributed by atoms with E-state index in [1.165, 1.54) is 14.2 Å². The number of benzene rings is 3. The number of likely N-dealkylation sites (tertiary alicyclic amines) is 1. The molecule has 3 aromatic carbocycles. The van der Waals surface area contributed by atoms with Crippen molar-refractivity contribution in [2.45, 2.75) is 76.4 Å². The topological polar surface area (TPSA) is 192 Å². The van der Waals surface area contributed by atoms with Crippen LogP contribution in [0.3, 0.4) is 0 Å². The van der Waals surface area contributed by atoms with Gasteiger partial charge in [-0.1, -0.05) is 69.4 Å². The number of hydrogen-bond acceptors (Lipinski definition) is 9. The SMILES string of the molecule is COC(=O)N[C@@H](Cc1cn(C)cn1)C(=O)N1C[Si](C)(C)C[C@H]1c1nc2c(ccc3cc(-c4ccc(-c5cnc([C@@H]6CCCN6C(=O)[C@@H](NC(=O)OC)C(C)C)[nH]5)cc4)ccc32)[nH]1. The number of ether oxygens (including phenoxy) is 2. The van der Waals surface area contributed by atoms with E-state index < -0.39 is 32.3 Å². The fraction of sp³-hybridized carbons (Fsp3) is 0.400. The number of carbonyl (C=O) groups is 4. The van der Waals surface area contributed by atoms with Crippen LogP contribution < -0.4 is 10.6 Å². The van der Waals surface area contributed by atoms with Crippen LogP contribution in [0.5, 0.6) is 0 Å². The average Bonchev–Trinajstić information content (AvgIpc) is 4.12. The van der Waals surface area contributed by atoms with Crippen LogP contribution in [-0.2, 0) is 32.5 Å². The van der Waals surface area contributed by atoms with Gasteiger partial charge in [0.1, 0.15) is 23.7 Å². The van der Waals surface area contributed by atoms with Crippen LogP contribution >= 0.6 is 0 Å². The molecule has 3 aromatic heterocycles. The lowest BCUT2D eigenvalue weighted by Gasteiger charge is -2.30. The van der Waals surface area contributed by atoms with Gasteiger partial charge in [-0.2, -0.15) is 0 Å². The van der Waals surface area contributed by atoms with Gasteiger partial charge in [-0.25, -0.2) is 24.5 Å². The summed E-state index contributed by atoms with van der Waals surface area (Å²) in [6.45, 7) is 8.94. The van der Waals surface area contributed by atoms with Crippen molar-refractivity contribution in [2.24, 2.45) is 13.0 Å². The van der Waals surface area contributed by atoms with E-state index in [-0.39, 0.29) is 36.2 Å². The minimum Gasteiger partial charge on any atom is -0.453 e. The monoisotopic (exact) mass is 858 g/mol. The molecule has 17 heteroatoms. The van der Waals surface area contributed by atoms with E-state index in [2.05, 4.69) is 87.2 Å². The molecule has 4 amide bonds. The molecule has 0 unspecified atom stereocenters. The lowest BCUT2D eigenvalue weighted by Crippen LogP contribution is -2.51. The number of imidazole rings is 3. The van der Waals surface area contributed by atoms with Gasteiger partial charge >= 0.3 is 12.2 Å². The van der Waals surface area contributed by atoms with E-state index in [9.17, 15) is 19.2 Å². The maximum atomic E-state index is 14.3. The van der Waals surface area contributed by atoms with Gasteiger partial charge in [0, 0.05) is 37.8 Å². The molecule has 2 aliphatic rings. The van der Waals surface area contributed by atoms with Crippen molar-refractivity contribution in [3.63, 3.8) is 0 Å². The Balaban J connectivity index is 1.00. The molecule has 324 valence electrons. The second-order valence-corrected chi connectivity index (χ2v) is 22.7. The highest BCUT2D eigenvalue weighted by atomic mass is 28.3. The van der Waals surface area contributed by atoms with E-state index in [1.807, 2.05) is 47.5 Å². The van der Waals surface area contributed by atoms with Gasteiger partial charge < -0.3 is 44.4 Å². The Morgan fingerprint density at radius 2 is 1.58 bits per heavy atom. The molecule has 0 spiro atoms. The molecule has 62 heavy (non-hydrogen) atoms. The minimum absolute atomic E-state index is 0.112. The lowest BCUT2D eigenvalue weighted by atomic mass is 9.99. The quantitative estimate of drug-likeness (QED) is 0.103. The number of aryl methyl sites for hydroxylation is 1. The number of H-pyrrole nitrogens is 2. The molecule has 2 aliphatic heterocycles. The first-order valence-corrected chi connectivity index (χ1v) is 24.5. The molecule has 8 rings (SSSR count). The van der Waals surface area contributed by atoms with Crippen LogP contribution in [0.2, 0.25) is 19.1 Å². The number of alkyl carbamates (subject to hydrolysis) is 2. The van der Waals surface area contributed by atoms with Gasteiger partial charge in [-0.05, 0) is 59.0 Å². The fourth-order valence-corrected chi connectivity index (χ4v) is 11.9. The zero-order chi connectivity index (χ0) is 43.9. The van der Waals surface area contributed by atoms with E-state index in [0.717, 1.165) is 74.7 Å². The van der Waals surface area contributed by atoms with Gasteiger partial charge in [0.15, 0.2) is 0 Å². The van der Waals surface area contributed by atoms with Gasteiger partial charge in [0.25, 0.3) is 0 Å². The van der Waals surface area contributed by atoms with Crippen LogP contribution in [0.1, 0.15) is 56.1 Å². The molecule has 2 fully saturated rings. The smallest absolute Gasteiger partial charge is 0.407 e. The van der Waals surface area contributed by atoms with Crippen molar-refractivity contribution >= 4 is 53.9 Å². The van der Waals surface area contributed by atoms with Crippen molar-refractivity contribution < 1.29 is 28.7 Å². The number of aromatic amines is 2. The minimum atomic E-state index is -1.85. The Kier molecular flexibility index (Phi) is 11.6. The van der Waals surface area contributed by atoms with Crippen LogP contribution in [-0.4, -0.2) is 110 Å². The van der Waals surface area contributed by atoms with E-state index in [4.69, 9.17) is 19.4 Å². The molecular weight excluding hydrogens is 805 g/mol. The molecule has 16 nitrogen and oxygen atoms in total. The first kappa shape index (κ1) is 42.2. The predicted molar refractivity (Wildman–Crippen MR) is 237 cm³/mol. The van der Waals surface area contributed by atoms with Crippen LogP contribution in [0.15, 0.2) is 73.3 Å². The summed E-state index contributed by atoms with van der Waals surface area (Å²) in [4.78, 5) is 77.3. The Bertz CT molecular complexity index is 2630. The number of hydrogen-bond donors (Lipinski definition) is 4. The Morgan fingerprint density at radius 3 is 2.29 bits per heavy atom. The van der Waals surface area contributed by atoms with Crippen molar-refractivity contribution in [1.29, 1.82) is 0 Å². The Labute approximate surface area is 360 Å². The number of amides is 4. The average molecular weight is 859 g/mol. The van der Waals surface area contributed by atoms with Crippen molar-refractivity contribution in [3.8, 4) is 22.4 Å². The van der Waals surface area contributed by atoms with Crippen LogP contribution in [0.4, 0.5) is 9.59 Å². The zero-order valence-corrected chi connectivity index (χ0v) is 37.2. The van der Waals surface area contributed by atoms with Crippen molar-refractivity contribution in [1.82, 2.24) is 49.9 Å². The highest BCUT2D eigenvalue weighted by Gasteiger charge is 2.45. The molecule has 0 bridgehead atoms. The summed E-state index contributed by atoms with van der Waals surface area (Å²) in [5.74, 6) is 1.01. The second kappa shape index (κ2) is 17.1. The van der Waals surface area contributed by atoms with Gasteiger partial charge in [-0.3, -0.25) is 9.59 Å². The fourth-order valence-electron chi connectivity index (χ4n) is 8.97. The number of nitrogens with zero attached hydrogens (tertiary/aromatic N) is 6. The van der Waals surface area contributed by atoms with E-state index in [1.54, 1.807) is 12.5 Å². The van der Waals surface area contributed by atoms with E-state index in [0.29, 0.717) is 18.4 Å². The summed E-state index contributed by atoms with van der Waals surface area (Å²) in [7, 11) is 2.60. The molecular formula is C45H54N10O6Si. The number of fused-ring (bicyclic) bond motifs is 3. The highest BCUT2D eigenvalue weighted by molar-refractivity contribution is 6.78. The van der Waals surface area contributed by atoms with Crippen molar-refractivity contribution in [2.75, 3.05) is 26.9 Å². The maximum Gasteiger partial charge on any atom is 0.407 e. The zero-order valence-electron chi connectivity index (χ0n) is 36.2. The number of methoxy groups -OCH3 is 2. The van der Waals surface area contributed by atoms with Gasteiger partial charge in [0.2, 0.25) is 11.8 Å². The summed E-state index contributed by atoms with van der Waals surface area (Å²) in [6.07, 6.45) is 6.52. The third-order valence-corrected chi connectivity index (χ3v) is 14.8. The largest absolute Gasteiger partial charge is 0.453 e. The summed E-state index contributed by atoms with van der Waals surface area (Å²) in [6, 6.07) is 17.6. The molecule has 4 N–H and O–H groups in total. The van der Waals surface area contributed by atoms with Crippen LogP contribution in [0.25, 0.3) is 44.2 Å². The Morgan fingerprint density at radius 1 is 0.855 bits per heavy atom. The van der Waals surface area contributed by atoms with Gasteiger partial charge in [-0.15, -0.1) is 0 Å². The summed E-state index contributed by atoms with van der Waals surface area (Å²) >= 11 is 0. The third-order valence-electron chi connectivity index (χ3n) is 12.1. The van der Waals surface area contributed by atoms with Crippen LogP contribution in [0, 0.1) is 5.92 Å². The molecule has 0 saturated carbocycles.